The Bertz CT molecular complexity index is 388. The van der Waals surface area contributed by atoms with Crippen molar-refractivity contribution < 1.29 is 34.6 Å². The summed E-state index contributed by atoms with van der Waals surface area (Å²) in [7, 11) is 0. The second-order valence-electron chi connectivity index (χ2n) is 5.81. The fourth-order valence-corrected chi connectivity index (χ4v) is 2.74. The summed E-state index contributed by atoms with van der Waals surface area (Å²) in [6, 6.07) is -2.19. The van der Waals surface area contributed by atoms with Crippen molar-refractivity contribution in [3.8, 4) is 0 Å². The van der Waals surface area contributed by atoms with Gasteiger partial charge in [0.05, 0.1) is 12.1 Å². The molecule has 0 aromatic heterocycles. The van der Waals surface area contributed by atoms with Crippen molar-refractivity contribution in [1.29, 1.82) is 0 Å². The fourth-order valence-electron chi connectivity index (χ4n) is 2.74. The van der Waals surface area contributed by atoms with Gasteiger partial charge in [0.2, 0.25) is 0 Å². The Morgan fingerprint density at radius 2 is 1.39 bits per heavy atom. The first kappa shape index (κ1) is 18.9. The predicted molar refractivity (Wildman–Crippen MR) is 76.5 cm³/mol. The highest BCUT2D eigenvalue weighted by atomic mass is 16.7. The maximum atomic E-state index is 10.2. The summed E-state index contributed by atoms with van der Waals surface area (Å²) < 4.78 is 16.2. The van der Waals surface area contributed by atoms with Crippen LogP contribution in [0.2, 0.25) is 0 Å². The highest BCUT2D eigenvalue weighted by Crippen LogP contribution is 2.26. The van der Waals surface area contributed by atoms with Crippen LogP contribution in [0.25, 0.3) is 0 Å². The van der Waals surface area contributed by atoms with Gasteiger partial charge in [-0.1, -0.05) is 0 Å². The molecule has 0 aromatic carbocycles. The Hall–Kier alpha value is -0.440. The Balaban J connectivity index is 2.11. The van der Waals surface area contributed by atoms with Crippen LogP contribution in [0, 0.1) is 0 Å². The first-order chi connectivity index (χ1) is 10.8. The van der Waals surface area contributed by atoms with E-state index in [1.54, 1.807) is 0 Å². The largest absolute Gasteiger partial charge is 0.388 e. The van der Waals surface area contributed by atoms with Gasteiger partial charge >= 0.3 is 0 Å². The van der Waals surface area contributed by atoms with E-state index >= 15 is 0 Å². The van der Waals surface area contributed by atoms with Crippen molar-refractivity contribution >= 4 is 0 Å². The van der Waals surface area contributed by atoms with E-state index in [0.717, 1.165) is 0 Å². The van der Waals surface area contributed by atoms with Crippen LogP contribution in [0.5, 0.6) is 0 Å². The zero-order chi connectivity index (χ0) is 17.3. The van der Waals surface area contributed by atoms with E-state index in [9.17, 15) is 20.4 Å². The normalized spacial score (nSPS) is 51.7. The number of ether oxygens (including phenoxy) is 3. The van der Waals surface area contributed by atoms with Gasteiger partial charge in [0.15, 0.2) is 12.6 Å². The topological polar surface area (TPSA) is 213 Å². The minimum Gasteiger partial charge on any atom is -0.388 e. The molecule has 0 bridgehead atoms. The monoisotopic (exact) mass is 338 g/mol. The van der Waals surface area contributed by atoms with Crippen molar-refractivity contribution in [1.82, 2.24) is 0 Å². The Kier molecular flexibility index (Phi) is 6.27. The summed E-state index contributed by atoms with van der Waals surface area (Å²) in [6.45, 7) is -0.119. The third-order valence-electron chi connectivity index (χ3n) is 4.25. The van der Waals surface area contributed by atoms with E-state index in [1.807, 2.05) is 0 Å². The lowest BCUT2D eigenvalue weighted by Crippen LogP contribution is -2.68. The lowest BCUT2D eigenvalue weighted by molar-refractivity contribution is -0.316. The van der Waals surface area contributed by atoms with Crippen molar-refractivity contribution in [2.24, 2.45) is 22.9 Å². The summed E-state index contributed by atoms with van der Waals surface area (Å²) in [5.74, 6) is 0. The quantitative estimate of drug-likeness (QED) is 0.242. The molecule has 0 amide bonds. The average molecular weight is 338 g/mol. The first-order valence-electron chi connectivity index (χ1n) is 7.41. The van der Waals surface area contributed by atoms with Gasteiger partial charge in [-0.05, 0) is 0 Å². The standard InChI is InChI=1S/C12H26N4O7/c13-1-3-7(17)8(18)6(16)12(22-3)23-10-4(2-14)21-11(20)5(15)9(10)19/h3-12,17-20H,1-2,13-16H2/t3?,4?,5-,6-,7+,8?,9?,10+,11-,12+/m0/s1. The highest BCUT2D eigenvalue weighted by molar-refractivity contribution is 4.96. The zero-order valence-electron chi connectivity index (χ0n) is 12.5. The Morgan fingerprint density at radius 1 is 0.783 bits per heavy atom. The predicted octanol–water partition coefficient (Wildman–Crippen LogP) is -5.53. The molecule has 0 radical (unpaired) electrons. The lowest BCUT2D eigenvalue weighted by atomic mass is 9.95. The third-order valence-corrected chi connectivity index (χ3v) is 4.25. The van der Waals surface area contributed by atoms with Gasteiger partial charge < -0.3 is 57.6 Å². The minimum absolute atomic E-state index is 0.0566. The molecule has 2 fully saturated rings. The van der Waals surface area contributed by atoms with E-state index < -0.39 is 61.3 Å². The van der Waals surface area contributed by atoms with Gasteiger partial charge in [-0.3, -0.25) is 0 Å². The summed E-state index contributed by atoms with van der Waals surface area (Å²) >= 11 is 0. The maximum Gasteiger partial charge on any atom is 0.176 e. The number of aliphatic hydroxyl groups is 4. The molecule has 12 N–H and O–H groups in total. The number of nitrogens with two attached hydrogens (primary N) is 4. The zero-order valence-corrected chi connectivity index (χ0v) is 12.5. The molecule has 2 saturated heterocycles. The summed E-state index contributed by atoms with van der Waals surface area (Å²) in [6.07, 6.45) is -9.18. The van der Waals surface area contributed by atoms with Crippen LogP contribution in [0.1, 0.15) is 0 Å². The number of aliphatic hydroxyl groups excluding tert-OH is 4. The van der Waals surface area contributed by atoms with Crippen LogP contribution < -0.4 is 22.9 Å². The summed E-state index contributed by atoms with van der Waals surface area (Å²) in [4.78, 5) is 0. The molecule has 23 heavy (non-hydrogen) atoms. The van der Waals surface area contributed by atoms with Crippen molar-refractivity contribution in [2.75, 3.05) is 13.1 Å². The van der Waals surface area contributed by atoms with Crippen LogP contribution in [0.15, 0.2) is 0 Å². The molecule has 2 rings (SSSR count). The molecular formula is C12H26N4O7. The van der Waals surface area contributed by atoms with Gasteiger partial charge in [0.25, 0.3) is 0 Å². The molecule has 0 saturated carbocycles. The second-order valence-corrected chi connectivity index (χ2v) is 5.81. The summed E-state index contributed by atoms with van der Waals surface area (Å²) in [5.41, 5.74) is 22.5. The minimum atomic E-state index is -1.39. The van der Waals surface area contributed by atoms with E-state index in [-0.39, 0.29) is 13.1 Å². The smallest absolute Gasteiger partial charge is 0.176 e. The second kappa shape index (κ2) is 7.63. The third kappa shape index (κ3) is 3.65. The molecule has 2 aliphatic heterocycles. The first-order valence-corrected chi connectivity index (χ1v) is 7.41. The van der Waals surface area contributed by atoms with E-state index in [0.29, 0.717) is 0 Å². The molecule has 10 atom stereocenters. The van der Waals surface area contributed by atoms with Gasteiger partial charge in [0, 0.05) is 13.1 Å². The van der Waals surface area contributed by atoms with Crippen LogP contribution in [-0.4, -0.2) is 94.8 Å². The maximum absolute atomic E-state index is 10.2. The number of hydrogen-bond acceptors (Lipinski definition) is 11. The Labute approximate surface area is 133 Å². The molecule has 0 aliphatic carbocycles. The van der Waals surface area contributed by atoms with Crippen LogP contribution in [0.3, 0.4) is 0 Å². The number of hydrogen-bond donors (Lipinski definition) is 8. The molecular weight excluding hydrogens is 312 g/mol. The van der Waals surface area contributed by atoms with Gasteiger partial charge in [-0.25, -0.2) is 0 Å². The Morgan fingerprint density at radius 3 is 1.96 bits per heavy atom. The van der Waals surface area contributed by atoms with Crippen molar-refractivity contribution in [3.63, 3.8) is 0 Å². The molecule has 11 nitrogen and oxygen atoms in total. The molecule has 2 aliphatic rings. The lowest BCUT2D eigenvalue weighted by Gasteiger charge is -2.46. The van der Waals surface area contributed by atoms with Crippen molar-refractivity contribution in [3.05, 3.63) is 0 Å². The fraction of sp³-hybridized carbons (Fsp3) is 1.00. The summed E-state index contributed by atoms with van der Waals surface area (Å²) in [5, 5.41) is 39.6. The average Bonchev–Trinajstić information content (AvgIpc) is 2.55. The van der Waals surface area contributed by atoms with Crippen LogP contribution >= 0.6 is 0 Å². The molecule has 4 unspecified atom stereocenters. The molecule has 2 heterocycles. The van der Waals surface area contributed by atoms with Gasteiger partial charge in [-0.2, -0.15) is 0 Å². The number of rotatable bonds is 4. The van der Waals surface area contributed by atoms with E-state index in [1.165, 1.54) is 0 Å². The van der Waals surface area contributed by atoms with Gasteiger partial charge in [0.1, 0.15) is 36.6 Å². The van der Waals surface area contributed by atoms with Crippen LogP contribution in [0.4, 0.5) is 0 Å². The molecule has 0 spiro atoms. The highest BCUT2D eigenvalue weighted by Gasteiger charge is 2.48. The van der Waals surface area contributed by atoms with Gasteiger partial charge in [-0.15, -0.1) is 0 Å². The molecule has 11 heteroatoms. The molecule has 0 aromatic rings. The van der Waals surface area contributed by atoms with E-state index in [4.69, 9.17) is 37.1 Å². The van der Waals surface area contributed by atoms with E-state index in [2.05, 4.69) is 0 Å². The molecule has 136 valence electrons. The SMILES string of the molecule is NCC1O[C@H](O[C@@H]2C(CN)O[C@H](O)[C@@H](N)C2O)[C@@H](N)C(O)[C@@H]1O. The van der Waals surface area contributed by atoms with Crippen LogP contribution in [-0.2, 0) is 14.2 Å². The van der Waals surface area contributed by atoms with Crippen molar-refractivity contribution in [2.45, 2.75) is 61.3 Å².